The molecule has 25 heavy (non-hydrogen) atoms. The maximum absolute atomic E-state index is 13.0. The highest BCUT2D eigenvalue weighted by Gasteiger charge is 2.16. The molecular formula is C17H15FN4O2S. The zero-order chi connectivity index (χ0) is 17.8. The zero-order valence-electron chi connectivity index (χ0n) is 13.6. The fourth-order valence-electron chi connectivity index (χ4n) is 2.07. The largest absolute Gasteiger partial charge is 0.341 e. The van der Waals surface area contributed by atoms with Crippen LogP contribution in [0.4, 0.5) is 4.39 Å². The Hall–Kier alpha value is -2.87. The van der Waals surface area contributed by atoms with Gasteiger partial charge in [-0.05, 0) is 44.2 Å². The number of aryl methyl sites for hydroxylation is 1. The van der Waals surface area contributed by atoms with Gasteiger partial charge in [-0.3, -0.25) is 4.79 Å². The first-order chi connectivity index (χ1) is 12.0. The van der Waals surface area contributed by atoms with E-state index in [1.165, 1.54) is 29.5 Å². The molecule has 128 valence electrons. The van der Waals surface area contributed by atoms with Gasteiger partial charge < -0.3 is 9.84 Å². The Balaban J connectivity index is 1.63. The van der Waals surface area contributed by atoms with Gasteiger partial charge >= 0.3 is 0 Å². The van der Waals surface area contributed by atoms with Gasteiger partial charge in [-0.1, -0.05) is 5.16 Å². The third-order valence-corrected chi connectivity index (χ3v) is 4.11. The molecule has 1 N–H and O–H groups in total. The van der Waals surface area contributed by atoms with Gasteiger partial charge in [0, 0.05) is 17.0 Å². The Bertz CT molecular complexity index is 902. The van der Waals surface area contributed by atoms with Crippen LogP contribution in [0.2, 0.25) is 0 Å². The van der Waals surface area contributed by atoms with Crippen molar-refractivity contribution >= 4 is 23.3 Å². The van der Waals surface area contributed by atoms with Crippen molar-refractivity contribution in [3.8, 4) is 11.4 Å². The summed E-state index contributed by atoms with van der Waals surface area (Å²) in [7, 11) is 0. The summed E-state index contributed by atoms with van der Waals surface area (Å²) in [5.74, 6) is -0.0231. The molecule has 0 spiro atoms. The van der Waals surface area contributed by atoms with Crippen molar-refractivity contribution in [3.05, 3.63) is 58.1 Å². The van der Waals surface area contributed by atoms with Crippen molar-refractivity contribution in [2.24, 2.45) is 0 Å². The Morgan fingerprint density at radius 2 is 2.08 bits per heavy atom. The number of carbonyl (C=O) groups excluding carboxylic acids is 1. The van der Waals surface area contributed by atoms with Gasteiger partial charge in [0.15, 0.2) is 0 Å². The lowest BCUT2D eigenvalue weighted by Crippen LogP contribution is -2.24. The topological polar surface area (TPSA) is 80.9 Å². The molecule has 3 rings (SSSR count). The van der Waals surface area contributed by atoms with Gasteiger partial charge in [0.25, 0.3) is 0 Å². The second-order valence-corrected chi connectivity index (χ2v) is 6.38. The van der Waals surface area contributed by atoms with Crippen LogP contribution in [-0.4, -0.2) is 21.0 Å². The molecule has 0 aliphatic carbocycles. The second-order valence-electron chi connectivity index (χ2n) is 5.32. The summed E-state index contributed by atoms with van der Waals surface area (Å²) >= 11 is 1.52. The van der Waals surface area contributed by atoms with Gasteiger partial charge in [0.2, 0.25) is 17.6 Å². The maximum Gasteiger partial charge on any atom is 0.249 e. The van der Waals surface area contributed by atoms with Crippen molar-refractivity contribution in [3.63, 3.8) is 0 Å². The number of halogens is 1. The van der Waals surface area contributed by atoms with E-state index in [1.807, 2.05) is 12.3 Å². The van der Waals surface area contributed by atoms with Crippen molar-refractivity contribution in [2.75, 3.05) is 0 Å². The molecule has 0 fully saturated rings. The summed E-state index contributed by atoms with van der Waals surface area (Å²) in [5, 5.41) is 9.40. The highest BCUT2D eigenvalue weighted by Crippen LogP contribution is 2.19. The van der Waals surface area contributed by atoms with Crippen LogP contribution in [0.3, 0.4) is 0 Å². The number of carbonyl (C=O) groups is 1. The number of rotatable bonds is 5. The smallest absolute Gasteiger partial charge is 0.249 e. The average molecular weight is 358 g/mol. The number of hydrogen-bond acceptors (Lipinski definition) is 6. The molecule has 3 aromatic rings. The average Bonchev–Trinajstić information content (AvgIpc) is 3.23. The Morgan fingerprint density at radius 1 is 1.32 bits per heavy atom. The highest BCUT2D eigenvalue weighted by atomic mass is 32.1. The molecule has 1 aromatic carbocycles. The minimum absolute atomic E-state index is 0.269. The molecule has 0 bridgehead atoms. The predicted octanol–water partition coefficient (Wildman–Crippen LogP) is 3.53. The zero-order valence-corrected chi connectivity index (χ0v) is 14.4. The quantitative estimate of drug-likeness (QED) is 0.706. The Labute approximate surface area is 147 Å². The van der Waals surface area contributed by atoms with Crippen LogP contribution in [-0.2, 0) is 4.79 Å². The van der Waals surface area contributed by atoms with E-state index < -0.39 is 6.04 Å². The number of aromatic nitrogens is 3. The lowest BCUT2D eigenvalue weighted by molar-refractivity contribution is -0.117. The van der Waals surface area contributed by atoms with Gasteiger partial charge in [-0.2, -0.15) is 4.98 Å². The van der Waals surface area contributed by atoms with Crippen LogP contribution in [0.15, 0.2) is 40.2 Å². The second kappa shape index (κ2) is 7.35. The van der Waals surface area contributed by atoms with Gasteiger partial charge in [-0.25, -0.2) is 9.37 Å². The molecule has 2 heterocycles. The number of thiazole rings is 1. The minimum Gasteiger partial charge on any atom is -0.341 e. The monoisotopic (exact) mass is 358 g/mol. The third-order valence-electron chi connectivity index (χ3n) is 3.32. The molecule has 2 aromatic heterocycles. The predicted molar refractivity (Wildman–Crippen MR) is 92.1 cm³/mol. The van der Waals surface area contributed by atoms with Crippen LogP contribution in [0.5, 0.6) is 0 Å². The van der Waals surface area contributed by atoms with Crippen LogP contribution in [0.25, 0.3) is 17.5 Å². The summed E-state index contributed by atoms with van der Waals surface area (Å²) < 4.78 is 18.1. The number of hydrogen-bond donors (Lipinski definition) is 1. The van der Waals surface area contributed by atoms with Crippen molar-refractivity contribution in [1.29, 1.82) is 0 Å². The molecule has 8 heteroatoms. The summed E-state index contributed by atoms with van der Waals surface area (Å²) in [5.41, 5.74) is 1.37. The van der Waals surface area contributed by atoms with Gasteiger partial charge in [0.1, 0.15) is 11.9 Å². The molecule has 0 aliphatic heterocycles. The normalized spacial score (nSPS) is 12.4. The molecular weight excluding hydrogens is 343 g/mol. The fourth-order valence-corrected chi connectivity index (χ4v) is 2.65. The van der Waals surface area contributed by atoms with Gasteiger partial charge in [-0.15, -0.1) is 11.3 Å². The molecule has 0 saturated heterocycles. The number of nitrogens with one attached hydrogen (secondary N) is 1. The minimum atomic E-state index is -0.462. The highest BCUT2D eigenvalue weighted by molar-refractivity contribution is 7.09. The van der Waals surface area contributed by atoms with Crippen LogP contribution < -0.4 is 5.32 Å². The molecule has 0 unspecified atom stereocenters. The molecule has 0 saturated carbocycles. The summed E-state index contributed by atoms with van der Waals surface area (Å²) in [6.45, 7) is 3.64. The molecule has 1 atom stereocenters. The van der Waals surface area contributed by atoms with E-state index in [2.05, 4.69) is 20.4 Å². The number of amides is 1. The van der Waals surface area contributed by atoms with E-state index in [-0.39, 0.29) is 17.6 Å². The van der Waals surface area contributed by atoms with Crippen LogP contribution in [0, 0.1) is 12.7 Å². The molecule has 6 nitrogen and oxygen atoms in total. The first-order valence-electron chi connectivity index (χ1n) is 7.51. The van der Waals surface area contributed by atoms with Crippen molar-refractivity contribution in [1.82, 2.24) is 20.4 Å². The Kier molecular flexibility index (Phi) is 4.99. The van der Waals surface area contributed by atoms with E-state index in [0.717, 1.165) is 10.7 Å². The van der Waals surface area contributed by atoms with E-state index >= 15 is 0 Å². The Morgan fingerprint density at radius 3 is 2.76 bits per heavy atom. The summed E-state index contributed by atoms with van der Waals surface area (Å²) in [6, 6.07) is 5.30. The standard InChI is InChI=1S/C17H15FN4O2S/c1-10(19-15(23)8-7-14-9-25-11(2)20-14)17-21-16(22-24-17)12-3-5-13(18)6-4-12/h3-10H,1-2H3,(H,19,23)/b8-7+/t10-/m1/s1. The number of benzene rings is 1. The number of nitrogens with zero attached hydrogens (tertiary/aromatic N) is 3. The van der Waals surface area contributed by atoms with E-state index in [1.54, 1.807) is 25.1 Å². The van der Waals surface area contributed by atoms with E-state index in [4.69, 9.17) is 4.52 Å². The first-order valence-corrected chi connectivity index (χ1v) is 8.39. The van der Waals surface area contributed by atoms with Crippen molar-refractivity contribution in [2.45, 2.75) is 19.9 Å². The summed E-state index contributed by atoms with van der Waals surface area (Å²) in [6.07, 6.45) is 3.05. The van der Waals surface area contributed by atoms with Crippen LogP contribution in [0.1, 0.15) is 29.6 Å². The molecule has 0 radical (unpaired) electrons. The lowest BCUT2D eigenvalue weighted by atomic mass is 10.2. The third kappa shape index (κ3) is 4.36. The van der Waals surface area contributed by atoms with Crippen LogP contribution >= 0.6 is 11.3 Å². The van der Waals surface area contributed by atoms with E-state index in [0.29, 0.717) is 11.4 Å². The lowest BCUT2D eigenvalue weighted by Gasteiger charge is -2.06. The maximum atomic E-state index is 13.0. The van der Waals surface area contributed by atoms with Crippen molar-refractivity contribution < 1.29 is 13.7 Å². The summed E-state index contributed by atoms with van der Waals surface area (Å²) in [4.78, 5) is 20.4. The SMILES string of the molecule is Cc1nc(/C=C/C(=O)N[C@H](C)c2nc(-c3ccc(F)cc3)no2)cs1. The first kappa shape index (κ1) is 17.0. The molecule has 1 amide bonds. The fraction of sp³-hybridized carbons (Fsp3) is 0.176. The van der Waals surface area contributed by atoms with Gasteiger partial charge in [0.05, 0.1) is 10.7 Å². The molecule has 0 aliphatic rings. The van der Waals surface area contributed by atoms with E-state index in [9.17, 15) is 9.18 Å².